The minimum Gasteiger partial charge on any atom is -0.346 e. The first-order chi connectivity index (χ1) is 9.10. The lowest BCUT2D eigenvalue weighted by atomic mass is 10.3. The van der Waals surface area contributed by atoms with Gasteiger partial charge in [0, 0.05) is 22.1 Å². The molecule has 0 unspecified atom stereocenters. The Morgan fingerprint density at radius 2 is 2.21 bits per heavy atom. The molecule has 0 radical (unpaired) electrons. The van der Waals surface area contributed by atoms with Crippen LogP contribution in [0.1, 0.15) is 28.7 Å². The molecule has 1 amide bonds. The van der Waals surface area contributed by atoms with Crippen molar-refractivity contribution in [1.82, 2.24) is 9.88 Å². The summed E-state index contributed by atoms with van der Waals surface area (Å²) in [5, 5.41) is 2.95. The molecule has 2 aromatic rings. The molecule has 6 heteroatoms. The Morgan fingerprint density at radius 1 is 1.42 bits per heavy atom. The Labute approximate surface area is 133 Å². The second kappa shape index (κ2) is 6.72. The molecule has 0 atom stereocenters. The highest BCUT2D eigenvalue weighted by Gasteiger charge is 2.12. The molecular formula is C13H14Br2N2OS. The first-order valence-electron chi connectivity index (χ1n) is 5.98. The van der Waals surface area contributed by atoms with E-state index in [9.17, 15) is 4.79 Å². The second-order valence-electron chi connectivity index (χ2n) is 4.13. The summed E-state index contributed by atoms with van der Waals surface area (Å²) in [4.78, 5) is 13.3. The van der Waals surface area contributed by atoms with Gasteiger partial charge in [0.15, 0.2) is 0 Å². The summed E-state index contributed by atoms with van der Waals surface area (Å²) in [5.74, 6) is -0.0383. The molecular weight excluding hydrogens is 392 g/mol. The number of thiophene rings is 1. The number of aryl methyl sites for hydroxylation is 1. The van der Waals surface area contributed by atoms with Crippen LogP contribution in [-0.4, -0.2) is 10.5 Å². The highest BCUT2D eigenvalue weighted by molar-refractivity contribution is 9.11. The van der Waals surface area contributed by atoms with E-state index >= 15 is 0 Å². The number of carbonyl (C=O) groups excluding carboxylic acids is 1. The van der Waals surface area contributed by atoms with Crippen molar-refractivity contribution >= 4 is 49.1 Å². The number of rotatable bonds is 5. The molecule has 0 spiro atoms. The minimum atomic E-state index is -0.0383. The predicted molar refractivity (Wildman–Crippen MR) is 85.6 cm³/mol. The fourth-order valence-corrected chi connectivity index (χ4v) is 3.68. The molecule has 1 N–H and O–H groups in total. The number of hydrogen-bond acceptors (Lipinski definition) is 2. The van der Waals surface area contributed by atoms with Crippen LogP contribution in [0.5, 0.6) is 0 Å². The maximum atomic E-state index is 12.2. The standard InChI is InChI=1S/C13H14Br2N2OS/c1-2-5-17-8-9(14)6-11(17)13(18)16-7-10-3-4-12(15)19-10/h3-4,6,8H,2,5,7H2,1H3,(H,16,18). The van der Waals surface area contributed by atoms with Crippen LogP contribution in [0.2, 0.25) is 0 Å². The number of aromatic nitrogens is 1. The van der Waals surface area contributed by atoms with Gasteiger partial charge in [-0.1, -0.05) is 6.92 Å². The first-order valence-corrected chi connectivity index (χ1v) is 8.38. The molecule has 2 heterocycles. The molecule has 0 aliphatic rings. The summed E-state index contributed by atoms with van der Waals surface area (Å²) in [6.45, 7) is 3.50. The lowest BCUT2D eigenvalue weighted by molar-refractivity contribution is 0.0942. The van der Waals surface area contributed by atoms with Gasteiger partial charge < -0.3 is 9.88 Å². The van der Waals surface area contributed by atoms with Gasteiger partial charge in [0.1, 0.15) is 5.69 Å². The Morgan fingerprint density at radius 3 is 2.84 bits per heavy atom. The smallest absolute Gasteiger partial charge is 0.268 e. The zero-order valence-electron chi connectivity index (χ0n) is 10.5. The van der Waals surface area contributed by atoms with Crippen molar-refractivity contribution in [3.8, 4) is 0 Å². The maximum absolute atomic E-state index is 12.2. The van der Waals surface area contributed by atoms with Gasteiger partial charge >= 0.3 is 0 Å². The molecule has 0 aliphatic heterocycles. The van der Waals surface area contributed by atoms with Crippen molar-refractivity contribution in [3.05, 3.63) is 43.2 Å². The summed E-state index contributed by atoms with van der Waals surface area (Å²) < 4.78 is 3.99. The summed E-state index contributed by atoms with van der Waals surface area (Å²) in [5.41, 5.74) is 0.698. The molecule has 0 aromatic carbocycles. The Kier molecular flexibility index (Phi) is 5.24. The Balaban J connectivity index is 2.03. The van der Waals surface area contributed by atoms with Crippen molar-refractivity contribution in [2.45, 2.75) is 26.4 Å². The van der Waals surface area contributed by atoms with E-state index in [1.807, 2.05) is 29.0 Å². The second-order valence-corrected chi connectivity index (χ2v) is 7.59. The average molecular weight is 406 g/mol. The van der Waals surface area contributed by atoms with Crippen LogP contribution in [-0.2, 0) is 13.1 Å². The minimum absolute atomic E-state index is 0.0383. The SMILES string of the molecule is CCCn1cc(Br)cc1C(=O)NCc1ccc(Br)s1. The molecule has 19 heavy (non-hydrogen) atoms. The lowest BCUT2D eigenvalue weighted by Crippen LogP contribution is -2.25. The zero-order chi connectivity index (χ0) is 13.8. The zero-order valence-corrected chi connectivity index (χ0v) is 14.4. The summed E-state index contributed by atoms with van der Waals surface area (Å²) in [6, 6.07) is 5.86. The van der Waals surface area contributed by atoms with Crippen LogP contribution in [0, 0.1) is 0 Å². The van der Waals surface area contributed by atoms with E-state index in [1.165, 1.54) is 0 Å². The van der Waals surface area contributed by atoms with Crippen LogP contribution in [0.25, 0.3) is 0 Å². The van der Waals surface area contributed by atoms with Gasteiger partial charge in [0.2, 0.25) is 0 Å². The molecule has 0 aliphatic carbocycles. The van der Waals surface area contributed by atoms with Crippen molar-refractivity contribution in [3.63, 3.8) is 0 Å². The van der Waals surface area contributed by atoms with E-state index < -0.39 is 0 Å². The number of amides is 1. The topological polar surface area (TPSA) is 34.0 Å². The van der Waals surface area contributed by atoms with Crippen LogP contribution < -0.4 is 5.32 Å². The molecule has 0 saturated heterocycles. The molecule has 3 nitrogen and oxygen atoms in total. The van der Waals surface area contributed by atoms with Crippen molar-refractivity contribution in [2.24, 2.45) is 0 Å². The molecule has 2 rings (SSSR count). The third kappa shape index (κ3) is 3.94. The summed E-state index contributed by atoms with van der Waals surface area (Å²) in [7, 11) is 0. The third-order valence-electron chi connectivity index (χ3n) is 2.61. The van der Waals surface area contributed by atoms with Crippen LogP contribution in [0.15, 0.2) is 32.7 Å². The largest absolute Gasteiger partial charge is 0.346 e. The lowest BCUT2D eigenvalue weighted by Gasteiger charge is -2.07. The van der Waals surface area contributed by atoms with Crippen LogP contribution in [0.4, 0.5) is 0 Å². The van der Waals surface area contributed by atoms with E-state index in [0.717, 1.165) is 26.1 Å². The van der Waals surface area contributed by atoms with E-state index in [-0.39, 0.29) is 5.91 Å². The highest BCUT2D eigenvalue weighted by atomic mass is 79.9. The van der Waals surface area contributed by atoms with Crippen LogP contribution in [0.3, 0.4) is 0 Å². The highest BCUT2D eigenvalue weighted by Crippen LogP contribution is 2.22. The number of carbonyl (C=O) groups is 1. The normalized spacial score (nSPS) is 10.7. The Bertz CT molecular complexity index is 577. The molecule has 0 saturated carbocycles. The van der Waals surface area contributed by atoms with Gasteiger partial charge in [0.25, 0.3) is 5.91 Å². The molecule has 102 valence electrons. The summed E-state index contributed by atoms with van der Waals surface area (Å²) in [6.07, 6.45) is 2.94. The number of nitrogens with zero attached hydrogens (tertiary/aromatic N) is 1. The van der Waals surface area contributed by atoms with Gasteiger partial charge in [-0.05, 0) is 56.5 Å². The molecule has 0 bridgehead atoms. The fraction of sp³-hybridized carbons (Fsp3) is 0.308. The van der Waals surface area contributed by atoms with Gasteiger partial charge in [-0.25, -0.2) is 0 Å². The number of halogens is 2. The first kappa shape index (κ1) is 14.8. The third-order valence-corrected chi connectivity index (χ3v) is 4.67. The quantitative estimate of drug-likeness (QED) is 0.784. The number of hydrogen-bond donors (Lipinski definition) is 1. The van der Waals surface area contributed by atoms with Gasteiger partial charge in [-0.2, -0.15) is 0 Å². The van der Waals surface area contributed by atoms with Crippen molar-refractivity contribution in [1.29, 1.82) is 0 Å². The van der Waals surface area contributed by atoms with E-state index in [2.05, 4.69) is 44.1 Å². The van der Waals surface area contributed by atoms with Crippen molar-refractivity contribution < 1.29 is 4.79 Å². The molecule has 2 aromatic heterocycles. The Hall–Kier alpha value is -0.590. The van der Waals surface area contributed by atoms with E-state index in [4.69, 9.17) is 0 Å². The number of nitrogens with one attached hydrogen (secondary N) is 1. The van der Waals surface area contributed by atoms with Gasteiger partial charge in [-0.3, -0.25) is 4.79 Å². The molecule has 0 fully saturated rings. The monoisotopic (exact) mass is 404 g/mol. The van der Waals surface area contributed by atoms with Crippen molar-refractivity contribution in [2.75, 3.05) is 0 Å². The van der Waals surface area contributed by atoms with Crippen LogP contribution >= 0.6 is 43.2 Å². The summed E-state index contributed by atoms with van der Waals surface area (Å²) >= 11 is 8.46. The predicted octanol–water partition coefficient (Wildman–Crippen LogP) is 4.41. The fourth-order valence-electron chi connectivity index (χ4n) is 1.80. The van der Waals surface area contributed by atoms with Gasteiger partial charge in [-0.15, -0.1) is 11.3 Å². The van der Waals surface area contributed by atoms with E-state index in [0.29, 0.717) is 12.2 Å². The van der Waals surface area contributed by atoms with E-state index in [1.54, 1.807) is 11.3 Å². The van der Waals surface area contributed by atoms with Gasteiger partial charge in [0.05, 0.1) is 10.3 Å². The maximum Gasteiger partial charge on any atom is 0.268 e. The average Bonchev–Trinajstić information content (AvgIpc) is 2.93.